The number of hydrogen-bond acceptors (Lipinski definition) is 7. The molecule has 0 heterocycles. The van der Waals surface area contributed by atoms with Crippen LogP contribution < -0.4 is 0 Å². The van der Waals surface area contributed by atoms with Crippen LogP contribution in [-0.4, -0.2) is 78.5 Å². The zero-order valence-electron chi connectivity index (χ0n) is 8.64. The molecule has 0 saturated heterocycles. The molecule has 0 bridgehead atoms. The SMILES string of the molecule is OCCC[C@@]1(O)C(O)C(O)[C@H](O)C(O)[C@@H]1O. The molecule has 7 N–H and O–H groups in total. The number of aliphatic hydroxyl groups excluding tert-OH is 6. The zero-order chi connectivity index (χ0) is 12.5. The highest BCUT2D eigenvalue weighted by molar-refractivity contribution is 5.08. The van der Waals surface area contributed by atoms with Gasteiger partial charge in [0.05, 0.1) is 0 Å². The van der Waals surface area contributed by atoms with E-state index in [0.29, 0.717) is 0 Å². The minimum Gasteiger partial charge on any atom is -0.396 e. The minimum atomic E-state index is -2.14. The van der Waals surface area contributed by atoms with Gasteiger partial charge in [0.25, 0.3) is 0 Å². The number of aliphatic hydroxyl groups is 7. The van der Waals surface area contributed by atoms with Gasteiger partial charge in [0.15, 0.2) is 0 Å². The van der Waals surface area contributed by atoms with E-state index >= 15 is 0 Å². The third-order valence-corrected chi connectivity index (χ3v) is 3.11. The Hall–Kier alpha value is -0.280. The average Bonchev–Trinajstić information content (AvgIpc) is 2.29. The van der Waals surface area contributed by atoms with Gasteiger partial charge in [-0.3, -0.25) is 0 Å². The summed E-state index contributed by atoms with van der Waals surface area (Å²) in [6, 6.07) is 0. The van der Waals surface area contributed by atoms with Gasteiger partial charge in [-0.1, -0.05) is 0 Å². The summed E-state index contributed by atoms with van der Waals surface area (Å²) in [5, 5.41) is 65.7. The van der Waals surface area contributed by atoms with Gasteiger partial charge in [0.2, 0.25) is 0 Å². The summed E-state index contributed by atoms with van der Waals surface area (Å²) >= 11 is 0. The maximum Gasteiger partial charge on any atom is 0.122 e. The lowest BCUT2D eigenvalue weighted by atomic mass is 9.72. The van der Waals surface area contributed by atoms with Crippen LogP contribution in [0.4, 0.5) is 0 Å². The fourth-order valence-corrected chi connectivity index (χ4v) is 2.00. The molecule has 1 aliphatic carbocycles. The molecule has 0 spiro atoms. The Morgan fingerprint density at radius 1 is 0.812 bits per heavy atom. The van der Waals surface area contributed by atoms with Crippen molar-refractivity contribution >= 4 is 0 Å². The summed E-state index contributed by atoms with van der Waals surface area (Å²) in [7, 11) is 0. The molecule has 0 aromatic carbocycles. The molecule has 6 atom stereocenters. The van der Waals surface area contributed by atoms with Crippen LogP contribution >= 0.6 is 0 Å². The van der Waals surface area contributed by atoms with Crippen molar-refractivity contribution in [3.63, 3.8) is 0 Å². The molecular weight excluding hydrogens is 220 g/mol. The van der Waals surface area contributed by atoms with E-state index in [9.17, 15) is 30.6 Å². The van der Waals surface area contributed by atoms with Crippen molar-refractivity contribution in [3.05, 3.63) is 0 Å². The highest BCUT2D eigenvalue weighted by Crippen LogP contribution is 2.33. The van der Waals surface area contributed by atoms with Crippen molar-refractivity contribution in [2.75, 3.05) is 6.61 Å². The van der Waals surface area contributed by atoms with Gasteiger partial charge in [0, 0.05) is 6.61 Å². The summed E-state index contributed by atoms with van der Waals surface area (Å²) in [5.74, 6) is 0. The molecule has 16 heavy (non-hydrogen) atoms. The monoisotopic (exact) mass is 238 g/mol. The summed E-state index contributed by atoms with van der Waals surface area (Å²) in [6.07, 6.45) is -8.91. The summed E-state index contributed by atoms with van der Waals surface area (Å²) in [6.45, 7) is -0.267. The first-order valence-electron chi connectivity index (χ1n) is 5.10. The molecule has 0 aromatic heterocycles. The number of rotatable bonds is 3. The molecular formula is C9H18O7. The van der Waals surface area contributed by atoms with Gasteiger partial charge >= 0.3 is 0 Å². The Morgan fingerprint density at radius 2 is 1.25 bits per heavy atom. The van der Waals surface area contributed by atoms with Crippen molar-refractivity contribution < 1.29 is 35.7 Å². The molecule has 0 aromatic rings. The smallest absolute Gasteiger partial charge is 0.122 e. The maximum atomic E-state index is 9.96. The highest BCUT2D eigenvalue weighted by atomic mass is 16.4. The van der Waals surface area contributed by atoms with Crippen LogP contribution in [0.3, 0.4) is 0 Å². The van der Waals surface area contributed by atoms with Gasteiger partial charge in [-0.15, -0.1) is 0 Å². The minimum absolute atomic E-state index is 0.0835. The first kappa shape index (κ1) is 13.8. The van der Waals surface area contributed by atoms with E-state index in [1.54, 1.807) is 0 Å². The summed E-state index contributed by atoms with van der Waals surface area (Å²) in [4.78, 5) is 0. The van der Waals surface area contributed by atoms with Crippen LogP contribution in [0.2, 0.25) is 0 Å². The molecule has 0 aliphatic heterocycles. The van der Waals surface area contributed by atoms with E-state index in [4.69, 9.17) is 5.11 Å². The predicted octanol–water partition coefficient (Wildman–Crippen LogP) is -3.69. The van der Waals surface area contributed by atoms with E-state index in [0.717, 1.165) is 0 Å². The van der Waals surface area contributed by atoms with Crippen LogP contribution in [-0.2, 0) is 0 Å². The van der Waals surface area contributed by atoms with Gasteiger partial charge in [-0.25, -0.2) is 0 Å². The van der Waals surface area contributed by atoms with E-state index in [2.05, 4.69) is 0 Å². The maximum absolute atomic E-state index is 9.96. The predicted molar refractivity (Wildman–Crippen MR) is 51.3 cm³/mol. The lowest BCUT2D eigenvalue weighted by molar-refractivity contribution is -0.270. The second kappa shape index (κ2) is 4.92. The van der Waals surface area contributed by atoms with Crippen LogP contribution in [0.25, 0.3) is 0 Å². The molecule has 1 fully saturated rings. The summed E-state index contributed by atoms with van der Waals surface area (Å²) in [5.41, 5.74) is -2.14. The lowest BCUT2D eigenvalue weighted by Gasteiger charge is -2.47. The lowest BCUT2D eigenvalue weighted by Crippen LogP contribution is -2.70. The van der Waals surface area contributed by atoms with Crippen molar-refractivity contribution in [1.82, 2.24) is 0 Å². The normalized spacial score (nSPS) is 49.3. The molecule has 1 aliphatic rings. The van der Waals surface area contributed by atoms with Gasteiger partial charge < -0.3 is 35.7 Å². The zero-order valence-corrected chi connectivity index (χ0v) is 8.64. The fourth-order valence-electron chi connectivity index (χ4n) is 2.00. The topological polar surface area (TPSA) is 142 Å². The Bertz CT molecular complexity index is 218. The molecule has 1 rings (SSSR count). The molecule has 0 amide bonds. The molecule has 3 unspecified atom stereocenters. The van der Waals surface area contributed by atoms with Crippen LogP contribution in [0, 0.1) is 0 Å². The molecule has 7 heteroatoms. The van der Waals surface area contributed by atoms with Crippen molar-refractivity contribution in [3.8, 4) is 0 Å². The van der Waals surface area contributed by atoms with Gasteiger partial charge in [0.1, 0.15) is 36.1 Å². The van der Waals surface area contributed by atoms with Crippen molar-refractivity contribution in [1.29, 1.82) is 0 Å². The second-order valence-electron chi connectivity index (χ2n) is 4.18. The van der Waals surface area contributed by atoms with E-state index < -0.39 is 36.1 Å². The van der Waals surface area contributed by atoms with Crippen molar-refractivity contribution in [2.45, 2.75) is 49.0 Å². The Morgan fingerprint density at radius 3 is 1.62 bits per heavy atom. The quantitative estimate of drug-likeness (QED) is 0.268. The van der Waals surface area contributed by atoms with E-state index in [1.165, 1.54) is 0 Å². The first-order chi connectivity index (χ1) is 7.36. The largest absolute Gasteiger partial charge is 0.396 e. The Balaban J connectivity index is 2.88. The Kier molecular flexibility index (Phi) is 4.24. The molecule has 1 saturated carbocycles. The van der Waals surface area contributed by atoms with Crippen LogP contribution in [0.5, 0.6) is 0 Å². The second-order valence-corrected chi connectivity index (χ2v) is 4.18. The van der Waals surface area contributed by atoms with Crippen LogP contribution in [0.1, 0.15) is 12.8 Å². The Labute approximate surface area is 92.2 Å². The average molecular weight is 238 g/mol. The highest BCUT2D eigenvalue weighted by Gasteiger charge is 2.56. The fraction of sp³-hybridized carbons (Fsp3) is 1.00. The molecule has 96 valence electrons. The first-order valence-corrected chi connectivity index (χ1v) is 5.10. The van der Waals surface area contributed by atoms with Crippen molar-refractivity contribution in [2.24, 2.45) is 0 Å². The van der Waals surface area contributed by atoms with E-state index in [1.807, 2.05) is 0 Å². The summed E-state index contributed by atoms with van der Waals surface area (Å²) < 4.78 is 0. The van der Waals surface area contributed by atoms with Gasteiger partial charge in [-0.2, -0.15) is 0 Å². The standard InChI is InChI=1S/C9H18O7/c10-3-1-2-9(16)7(14)5(12)4(11)6(13)8(9)15/h4-8,10-16H,1-3H2/t4-,5?,6?,7+,8?,9+/m1/s1. The molecule has 0 radical (unpaired) electrons. The third-order valence-electron chi connectivity index (χ3n) is 3.11. The number of hydrogen-bond donors (Lipinski definition) is 7. The van der Waals surface area contributed by atoms with Gasteiger partial charge in [-0.05, 0) is 12.8 Å². The third kappa shape index (κ3) is 2.07. The van der Waals surface area contributed by atoms with Crippen LogP contribution in [0.15, 0.2) is 0 Å². The molecule has 7 nitrogen and oxygen atoms in total. The van der Waals surface area contributed by atoms with E-state index in [-0.39, 0.29) is 19.4 Å².